The zero-order chi connectivity index (χ0) is 13.2. The summed E-state index contributed by atoms with van der Waals surface area (Å²) in [6.07, 6.45) is 2.40. The molecule has 0 atom stereocenters. The first kappa shape index (κ1) is 12.0. The van der Waals surface area contributed by atoms with Gasteiger partial charge in [0, 0.05) is 30.6 Å². The Morgan fingerprint density at radius 2 is 2.21 bits per heavy atom. The van der Waals surface area contributed by atoms with Gasteiger partial charge in [0.15, 0.2) is 0 Å². The predicted molar refractivity (Wildman–Crippen MR) is 69.4 cm³/mol. The first-order valence-electron chi connectivity index (χ1n) is 6.17. The van der Waals surface area contributed by atoms with Gasteiger partial charge >= 0.3 is 0 Å². The molecule has 1 aromatic carbocycles. The van der Waals surface area contributed by atoms with Crippen LogP contribution in [0.1, 0.15) is 11.3 Å². The molecular weight excluding hydrogens is 245 g/mol. The number of fused-ring (bicyclic) bond motifs is 1. The number of benzene rings is 1. The highest BCUT2D eigenvalue weighted by Crippen LogP contribution is 2.32. The van der Waals surface area contributed by atoms with Gasteiger partial charge in [-0.1, -0.05) is 0 Å². The van der Waals surface area contributed by atoms with Crippen molar-refractivity contribution in [1.29, 1.82) is 0 Å². The third-order valence-corrected chi connectivity index (χ3v) is 3.29. The lowest BCUT2D eigenvalue weighted by Crippen LogP contribution is -2.25. The summed E-state index contributed by atoms with van der Waals surface area (Å²) in [5.74, 6) is 0.319. The van der Waals surface area contributed by atoms with Crippen molar-refractivity contribution in [2.75, 3.05) is 13.7 Å². The van der Waals surface area contributed by atoms with Crippen molar-refractivity contribution < 1.29 is 9.13 Å². The number of nitrogens with zero attached hydrogens (tertiary/aromatic N) is 2. The monoisotopic (exact) mass is 259 g/mol. The first-order chi connectivity index (χ1) is 9.29. The van der Waals surface area contributed by atoms with Crippen molar-refractivity contribution in [3.63, 3.8) is 0 Å². The van der Waals surface area contributed by atoms with Gasteiger partial charge in [0.25, 0.3) is 0 Å². The molecule has 2 aromatic rings. The van der Waals surface area contributed by atoms with E-state index in [4.69, 9.17) is 4.74 Å². The average Bonchev–Trinajstić information content (AvgIpc) is 2.46. The Balaban J connectivity index is 2.19. The van der Waals surface area contributed by atoms with Crippen LogP contribution in [0.5, 0.6) is 5.75 Å². The highest BCUT2D eigenvalue weighted by atomic mass is 19.1. The van der Waals surface area contributed by atoms with E-state index in [2.05, 4.69) is 15.3 Å². The van der Waals surface area contributed by atoms with Gasteiger partial charge < -0.3 is 10.1 Å². The fourth-order valence-corrected chi connectivity index (χ4v) is 2.37. The zero-order valence-corrected chi connectivity index (χ0v) is 10.6. The maximum Gasteiger partial charge on any atom is 0.128 e. The van der Waals surface area contributed by atoms with Crippen LogP contribution in [-0.2, 0) is 13.0 Å². The Kier molecular flexibility index (Phi) is 3.13. The Labute approximate surface area is 110 Å². The number of hydrogen-bond acceptors (Lipinski definition) is 4. The number of rotatable bonds is 2. The van der Waals surface area contributed by atoms with Crippen LogP contribution in [0.25, 0.3) is 11.3 Å². The van der Waals surface area contributed by atoms with E-state index < -0.39 is 0 Å². The minimum Gasteiger partial charge on any atom is -0.496 e. The molecule has 0 fully saturated rings. The number of aromatic nitrogens is 2. The van der Waals surface area contributed by atoms with Crippen molar-refractivity contribution in [2.45, 2.75) is 13.0 Å². The summed E-state index contributed by atoms with van der Waals surface area (Å²) in [6, 6.07) is 4.46. The summed E-state index contributed by atoms with van der Waals surface area (Å²) in [5, 5.41) is 3.29. The third kappa shape index (κ3) is 2.17. The fourth-order valence-electron chi connectivity index (χ4n) is 2.37. The summed E-state index contributed by atoms with van der Waals surface area (Å²) in [7, 11) is 1.57. The summed E-state index contributed by atoms with van der Waals surface area (Å²) < 4.78 is 18.8. The van der Waals surface area contributed by atoms with Crippen molar-refractivity contribution in [3.05, 3.63) is 41.6 Å². The lowest BCUT2D eigenvalue weighted by atomic mass is 10.00. The molecule has 1 aliphatic heterocycles. The van der Waals surface area contributed by atoms with Crippen molar-refractivity contribution in [2.24, 2.45) is 0 Å². The SMILES string of the molecule is COc1ccc(F)cc1-c1ncnc2c1CNCC2. The summed E-state index contributed by atoms with van der Waals surface area (Å²) in [6.45, 7) is 1.61. The summed E-state index contributed by atoms with van der Waals surface area (Å²) >= 11 is 0. The van der Waals surface area contributed by atoms with Crippen molar-refractivity contribution in [3.8, 4) is 17.0 Å². The summed E-state index contributed by atoms with van der Waals surface area (Å²) in [4.78, 5) is 8.61. The lowest BCUT2D eigenvalue weighted by Gasteiger charge is -2.19. The zero-order valence-electron chi connectivity index (χ0n) is 10.6. The van der Waals surface area contributed by atoms with Gasteiger partial charge in [-0.05, 0) is 18.2 Å². The largest absolute Gasteiger partial charge is 0.496 e. The quantitative estimate of drug-likeness (QED) is 0.895. The van der Waals surface area contributed by atoms with E-state index in [9.17, 15) is 4.39 Å². The van der Waals surface area contributed by atoms with Crippen LogP contribution in [0.15, 0.2) is 24.5 Å². The smallest absolute Gasteiger partial charge is 0.128 e. The standard InChI is InChI=1S/C14H14FN3O/c1-19-13-3-2-9(15)6-10(13)14-11-7-16-5-4-12(11)17-8-18-14/h2-3,6,8,16H,4-5,7H2,1H3. The molecule has 0 spiro atoms. The molecule has 5 heteroatoms. The van der Waals surface area contributed by atoms with Gasteiger partial charge in [0.2, 0.25) is 0 Å². The second-order valence-electron chi connectivity index (χ2n) is 4.42. The summed E-state index contributed by atoms with van der Waals surface area (Å²) in [5.41, 5.74) is 3.46. The van der Waals surface area contributed by atoms with E-state index in [-0.39, 0.29) is 5.82 Å². The minimum atomic E-state index is -0.299. The average molecular weight is 259 g/mol. The number of hydrogen-bond donors (Lipinski definition) is 1. The van der Waals surface area contributed by atoms with Crippen LogP contribution >= 0.6 is 0 Å². The Hall–Kier alpha value is -2.01. The molecule has 0 bridgehead atoms. The second kappa shape index (κ2) is 4.93. The molecule has 0 unspecified atom stereocenters. The molecule has 0 saturated carbocycles. The fraction of sp³-hybridized carbons (Fsp3) is 0.286. The highest BCUT2D eigenvalue weighted by molar-refractivity contribution is 5.70. The van der Waals surface area contributed by atoms with E-state index in [0.29, 0.717) is 17.9 Å². The van der Waals surface area contributed by atoms with E-state index >= 15 is 0 Å². The maximum atomic E-state index is 13.5. The molecule has 4 nitrogen and oxygen atoms in total. The molecule has 0 amide bonds. The second-order valence-corrected chi connectivity index (χ2v) is 4.42. The molecule has 1 aromatic heterocycles. The van der Waals surface area contributed by atoms with Crippen LogP contribution in [0.4, 0.5) is 4.39 Å². The molecule has 0 radical (unpaired) electrons. The molecule has 19 heavy (non-hydrogen) atoms. The van der Waals surface area contributed by atoms with Crippen molar-refractivity contribution >= 4 is 0 Å². The number of ether oxygens (including phenoxy) is 1. The maximum absolute atomic E-state index is 13.5. The number of methoxy groups -OCH3 is 1. The van der Waals surface area contributed by atoms with Crippen molar-refractivity contribution in [1.82, 2.24) is 15.3 Å². The van der Waals surface area contributed by atoms with Gasteiger partial charge in [-0.25, -0.2) is 14.4 Å². The highest BCUT2D eigenvalue weighted by Gasteiger charge is 2.19. The number of halogens is 1. The molecule has 3 rings (SSSR count). The first-order valence-corrected chi connectivity index (χ1v) is 6.17. The van der Waals surface area contributed by atoms with Crippen LogP contribution in [0, 0.1) is 5.82 Å². The van der Waals surface area contributed by atoms with Crippen LogP contribution in [0.3, 0.4) is 0 Å². The van der Waals surface area contributed by atoms with Gasteiger partial charge in [0.1, 0.15) is 17.9 Å². The predicted octanol–water partition coefficient (Wildman–Crippen LogP) is 1.94. The molecule has 0 saturated heterocycles. The van der Waals surface area contributed by atoms with E-state index in [1.54, 1.807) is 13.2 Å². The van der Waals surface area contributed by atoms with E-state index in [1.165, 1.54) is 18.5 Å². The minimum absolute atomic E-state index is 0.299. The number of nitrogens with one attached hydrogen (secondary N) is 1. The van der Waals surface area contributed by atoms with Crippen LogP contribution in [-0.4, -0.2) is 23.6 Å². The molecule has 1 N–H and O–H groups in total. The van der Waals surface area contributed by atoms with Gasteiger partial charge in [0.05, 0.1) is 18.5 Å². The molecule has 1 aliphatic rings. The van der Waals surface area contributed by atoms with Crippen LogP contribution in [0.2, 0.25) is 0 Å². The van der Waals surface area contributed by atoms with Gasteiger partial charge in [-0.2, -0.15) is 0 Å². The molecule has 2 heterocycles. The Morgan fingerprint density at radius 3 is 3.05 bits per heavy atom. The molecule has 98 valence electrons. The molecular formula is C14H14FN3O. The van der Waals surface area contributed by atoms with Gasteiger partial charge in [-0.3, -0.25) is 0 Å². The lowest BCUT2D eigenvalue weighted by molar-refractivity contribution is 0.415. The topological polar surface area (TPSA) is 47.0 Å². The van der Waals surface area contributed by atoms with Crippen LogP contribution < -0.4 is 10.1 Å². The molecule has 0 aliphatic carbocycles. The Bertz CT molecular complexity index is 616. The third-order valence-electron chi connectivity index (χ3n) is 3.29. The van der Waals surface area contributed by atoms with Gasteiger partial charge in [-0.15, -0.1) is 0 Å². The van der Waals surface area contributed by atoms with E-state index in [1.807, 2.05) is 0 Å². The van der Waals surface area contributed by atoms with E-state index in [0.717, 1.165) is 29.9 Å². The Morgan fingerprint density at radius 1 is 1.32 bits per heavy atom. The normalized spacial score (nSPS) is 14.0.